The Bertz CT molecular complexity index is 785. The van der Waals surface area contributed by atoms with Crippen LogP contribution in [-0.4, -0.2) is 0 Å². The third kappa shape index (κ3) is 2.10. The monoisotopic (exact) mass is 311 g/mol. The molecule has 0 aromatic heterocycles. The van der Waals surface area contributed by atoms with Crippen LogP contribution in [0.3, 0.4) is 0 Å². The molecule has 0 unspecified atom stereocenters. The summed E-state index contributed by atoms with van der Waals surface area (Å²) in [4.78, 5) is 0. The van der Waals surface area contributed by atoms with Gasteiger partial charge in [0.1, 0.15) is 0 Å². The molecule has 4 rings (SSSR count). The largest absolute Gasteiger partial charge is 0.355 e. The first-order valence-corrected chi connectivity index (χ1v) is 7.44. The number of anilines is 2. The highest BCUT2D eigenvalue weighted by atomic mass is 35.5. The third-order valence-electron chi connectivity index (χ3n) is 3.74. The Balaban J connectivity index is 2.11. The fourth-order valence-corrected chi connectivity index (χ4v) is 3.14. The molecule has 1 aliphatic heterocycles. The molecule has 0 bridgehead atoms. The van der Waals surface area contributed by atoms with Gasteiger partial charge in [-0.1, -0.05) is 47.5 Å². The van der Waals surface area contributed by atoms with Crippen LogP contribution in [0, 0.1) is 0 Å². The van der Waals surface area contributed by atoms with Gasteiger partial charge < -0.3 is 5.32 Å². The standard InChI is InChI=1S/C18H11Cl2N/c19-11-5-7-17-15(9-11)13-3-1-2-4-14(13)16-10-12(20)6-8-18(16)21-17/h1-10,21H. The Kier molecular flexibility index (Phi) is 2.91. The van der Waals surface area contributed by atoms with E-state index in [1.807, 2.05) is 48.5 Å². The molecule has 1 heterocycles. The number of fused-ring (bicyclic) bond motifs is 5. The quantitative estimate of drug-likeness (QED) is 0.397. The van der Waals surface area contributed by atoms with Crippen molar-refractivity contribution in [1.29, 1.82) is 0 Å². The molecule has 102 valence electrons. The molecule has 0 fully saturated rings. The van der Waals surface area contributed by atoms with E-state index in [9.17, 15) is 0 Å². The lowest BCUT2D eigenvalue weighted by molar-refractivity contribution is 1.57. The molecule has 1 N–H and O–H groups in total. The van der Waals surface area contributed by atoms with Crippen molar-refractivity contribution in [2.45, 2.75) is 0 Å². The van der Waals surface area contributed by atoms with Crippen molar-refractivity contribution in [3.8, 4) is 22.3 Å². The zero-order chi connectivity index (χ0) is 14.4. The van der Waals surface area contributed by atoms with E-state index < -0.39 is 0 Å². The van der Waals surface area contributed by atoms with Crippen LogP contribution in [0.5, 0.6) is 0 Å². The molecule has 1 nitrogen and oxygen atoms in total. The van der Waals surface area contributed by atoms with Crippen LogP contribution in [0.2, 0.25) is 10.0 Å². The summed E-state index contributed by atoms with van der Waals surface area (Å²) in [6.07, 6.45) is 0. The lowest BCUT2D eigenvalue weighted by atomic mass is 9.95. The van der Waals surface area contributed by atoms with Crippen LogP contribution in [-0.2, 0) is 0 Å². The third-order valence-corrected chi connectivity index (χ3v) is 4.21. The Morgan fingerprint density at radius 3 is 1.52 bits per heavy atom. The van der Waals surface area contributed by atoms with Crippen LogP contribution in [0.4, 0.5) is 11.4 Å². The van der Waals surface area contributed by atoms with Crippen molar-refractivity contribution in [3.63, 3.8) is 0 Å². The Morgan fingerprint density at radius 1 is 0.571 bits per heavy atom. The summed E-state index contributed by atoms with van der Waals surface area (Å²) in [5.41, 5.74) is 6.61. The molecule has 0 atom stereocenters. The summed E-state index contributed by atoms with van der Waals surface area (Å²) >= 11 is 12.4. The van der Waals surface area contributed by atoms with Gasteiger partial charge in [0, 0.05) is 32.5 Å². The van der Waals surface area contributed by atoms with Gasteiger partial charge in [-0.25, -0.2) is 0 Å². The van der Waals surface area contributed by atoms with Crippen LogP contribution < -0.4 is 5.32 Å². The van der Waals surface area contributed by atoms with Crippen LogP contribution in [0.25, 0.3) is 22.3 Å². The predicted molar refractivity (Wildman–Crippen MR) is 90.6 cm³/mol. The summed E-state index contributed by atoms with van der Waals surface area (Å²) in [5, 5.41) is 4.95. The van der Waals surface area contributed by atoms with Crippen molar-refractivity contribution in [2.75, 3.05) is 5.32 Å². The summed E-state index contributed by atoms with van der Waals surface area (Å²) in [5.74, 6) is 0. The van der Waals surface area contributed by atoms with Gasteiger partial charge in [-0.15, -0.1) is 0 Å². The number of halogens is 2. The average molecular weight is 312 g/mol. The van der Waals surface area contributed by atoms with Gasteiger partial charge in [-0.05, 0) is 47.5 Å². The molecule has 0 radical (unpaired) electrons. The molecule has 0 saturated carbocycles. The van der Waals surface area contributed by atoms with E-state index in [0.717, 1.165) is 43.7 Å². The molecular weight excluding hydrogens is 301 g/mol. The fraction of sp³-hybridized carbons (Fsp3) is 0. The van der Waals surface area contributed by atoms with Gasteiger partial charge >= 0.3 is 0 Å². The second-order valence-electron chi connectivity index (χ2n) is 5.05. The summed E-state index contributed by atoms with van der Waals surface area (Å²) in [7, 11) is 0. The SMILES string of the molecule is Clc1ccc2c(c1)-c1ccccc1-c1cc(Cl)ccc1N2. The Morgan fingerprint density at radius 2 is 1.05 bits per heavy atom. The van der Waals surface area contributed by atoms with Gasteiger partial charge in [0.15, 0.2) is 0 Å². The minimum Gasteiger partial charge on any atom is -0.355 e. The van der Waals surface area contributed by atoms with E-state index >= 15 is 0 Å². The molecule has 0 saturated heterocycles. The predicted octanol–water partition coefficient (Wildman–Crippen LogP) is 6.38. The fourth-order valence-electron chi connectivity index (χ4n) is 2.79. The lowest BCUT2D eigenvalue weighted by Gasteiger charge is -2.10. The zero-order valence-corrected chi connectivity index (χ0v) is 12.5. The number of hydrogen-bond donors (Lipinski definition) is 1. The first-order valence-electron chi connectivity index (χ1n) is 6.68. The van der Waals surface area contributed by atoms with Crippen molar-refractivity contribution in [1.82, 2.24) is 0 Å². The average Bonchev–Trinajstić information content (AvgIpc) is 2.63. The van der Waals surface area contributed by atoms with E-state index in [4.69, 9.17) is 23.2 Å². The summed E-state index contributed by atoms with van der Waals surface area (Å²) in [6.45, 7) is 0. The highest BCUT2D eigenvalue weighted by Gasteiger charge is 2.18. The topological polar surface area (TPSA) is 12.0 Å². The van der Waals surface area contributed by atoms with Crippen molar-refractivity contribution in [3.05, 3.63) is 70.7 Å². The molecule has 21 heavy (non-hydrogen) atoms. The van der Waals surface area contributed by atoms with E-state index in [0.29, 0.717) is 0 Å². The van der Waals surface area contributed by atoms with Gasteiger partial charge in [-0.2, -0.15) is 0 Å². The Hall–Kier alpha value is -1.96. The Labute approximate surface area is 133 Å². The minimum absolute atomic E-state index is 0.731. The van der Waals surface area contributed by atoms with E-state index in [1.165, 1.54) is 0 Å². The zero-order valence-electron chi connectivity index (χ0n) is 11.0. The second-order valence-corrected chi connectivity index (χ2v) is 5.92. The summed E-state index contributed by atoms with van der Waals surface area (Å²) in [6, 6.07) is 20.1. The molecule has 0 spiro atoms. The molecule has 0 aliphatic carbocycles. The molecule has 3 heteroatoms. The second kappa shape index (κ2) is 4.80. The van der Waals surface area contributed by atoms with Gasteiger partial charge in [0.05, 0.1) is 0 Å². The molecule has 3 aromatic carbocycles. The highest BCUT2D eigenvalue weighted by molar-refractivity contribution is 6.31. The maximum absolute atomic E-state index is 6.18. The van der Waals surface area contributed by atoms with Crippen LogP contribution >= 0.6 is 23.2 Å². The number of nitrogens with one attached hydrogen (secondary N) is 1. The van der Waals surface area contributed by atoms with Crippen molar-refractivity contribution >= 4 is 34.6 Å². The van der Waals surface area contributed by atoms with E-state index in [-0.39, 0.29) is 0 Å². The molecule has 3 aromatic rings. The normalized spacial score (nSPS) is 11.7. The van der Waals surface area contributed by atoms with Gasteiger partial charge in [0.25, 0.3) is 0 Å². The summed E-state index contributed by atoms with van der Waals surface area (Å²) < 4.78 is 0. The van der Waals surface area contributed by atoms with Crippen molar-refractivity contribution < 1.29 is 0 Å². The first kappa shape index (κ1) is 12.8. The van der Waals surface area contributed by atoms with E-state index in [2.05, 4.69) is 17.4 Å². The van der Waals surface area contributed by atoms with Gasteiger partial charge in [0.2, 0.25) is 0 Å². The number of rotatable bonds is 0. The maximum atomic E-state index is 6.18. The smallest absolute Gasteiger partial charge is 0.0465 e. The molecular formula is C18H11Cl2N. The first-order chi connectivity index (χ1) is 10.2. The number of benzene rings is 3. The van der Waals surface area contributed by atoms with Gasteiger partial charge in [-0.3, -0.25) is 0 Å². The molecule has 0 amide bonds. The molecule has 1 aliphatic rings. The maximum Gasteiger partial charge on any atom is 0.0465 e. The lowest BCUT2D eigenvalue weighted by Crippen LogP contribution is -1.91. The minimum atomic E-state index is 0.731. The number of hydrogen-bond acceptors (Lipinski definition) is 1. The van der Waals surface area contributed by atoms with Crippen molar-refractivity contribution in [2.24, 2.45) is 0 Å². The highest BCUT2D eigenvalue weighted by Crippen LogP contribution is 2.45. The van der Waals surface area contributed by atoms with Crippen LogP contribution in [0.15, 0.2) is 60.7 Å². The van der Waals surface area contributed by atoms with Crippen LogP contribution in [0.1, 0.15) is 0 Å². The van der Waals surface area contributed by atoms with E-state index in [1.54, 1.807) is 0 Å².